The van der Waals surface area contributed by atoms with Crippen LogP contribution < -0.4 is 10.2 Å². The number of carbonyl (C=O) groups excluding carboxylic acids is 4. The number of anilines is 2. The fourth-order valence-corrected chi connectivity index (χ4v) is 5.99. The lowest BCUT2D eigenvalue weighted by Gasteiger charge is -2.37. The molecule has 0 unspecified atom stereocenters. The lowest BCUT2D eigenvalue weighted by Crippen LogP contribution is -2.40. The number of benzene rings is 2. The molecule has 1 N–H and O–H groups in total. The summed E-state index contributed by atoms with van der Waals surface area (Å²) in [5.41, 5.74) is 1.94. The molecule has 6 heteroatoms. The van der Waals surface area contributed by atoms with Crippen LogP contribution in [0, 0.1) is 35.5 Å². The maximum absolute atomic E-state index is 13.3. The molecule has 2 aromatic carbocycles. The molecule has 7 rings (SSSR count). The Morgan fingerprint density at radius 2 is 1.50 bits per heavy atom. The summed E-state index contributed by atoms with van der Waals surface area (Å²) < 4.78 is 0. The summed E-state index contributed by atoms with van der Waals surface area (Å²) in [6, 6.07) is 13.3. The largest absolute Gasteiger partial charge is 0.322 e. The lowest BCUT2D eigenvalue weighted by molar-refractivity contribution is -0.124. The molecule has 1 heterocycles. The highest BCUT2D eigenvalue weighted by atomic mass is 16.2. The summed E-state index contributed by atoms with van der Waals surface area (Å²) in [4.78, 5) is 52.1. The van der Waals surface area contributed by atoms with Crippen molar-refractivity contribution >= 4 is 34.9 Å². The molecule has 2 saturated carbocycles. The molecule has 2 aromatic rings. The average Bonchev–Trinajstić information content (AvgIpc) is 3.57. The van der Waals surface area contributed by atoms with Gasteiger partial charge in [0, 0.05) is 16.8 Å². The van der Waals surface area contributed by atoms with Crippen molar-refractivity contribution < 1.29 is 19.2 Å². The highest BCUT2D eigenvalue weighted by molar-refractivity contribution is 6.23. The van der Waals surface area contributed by atoms with E-state index in [-0.39, 0.29) is 47.2 Å². The number of allylic oxidation sites excluding steroid dienone is 2. The molecule has 6 nitrogen and oxygen atoms in total. The van der Waals surface area contributed by atoms with Crippen molar-refractivity contribution in [2.75, 3.05) is 10.2 Å². The Hall–Kier alpha value is -3.54. The number of ketones is 1. The van der Waals surface area contributed by atoms with E-state index in [1.165, 1.54) is 11.8 Å². The zero-order valence-electron chi connectivity index (χ0n) is 17.5. The Labute approximate surface area is 185 Å². The van der Waals surface area contributed by atoms with Gasteiger partial charge in [0.2, 0.25) is 11.8 Å². The van der Waals surface area contributed by atoms with Crippen molar-refractivity contribution in [3.8, 4) is 0 Å². The van der Waals surface area contributed by atoms with Gasteiger partial charge in [-0.2, -0.15) is 0 Å². The fraction of sp³-hybridized carbons (Fsp3) is 0.308. The van der Waals surface area contributed by atoms with E-state index in [2.05, 4.69) is 17.5 Å². The molecular formula is C26H22N2O4. The Morgan fingerprint density at radius 1 is 0.875 bits per heavy atom. The average molecular weight is 426 g/mol. The first-order valence-corrected chi connectivity index (χ1v) is 11.0. The molecule has 3 amide bonds. The van der Waals surface area contributed by atoms with Crippen LogP contribution in [0.25, 0.3) is 0 Å². The van der Waals surface area contributed by atoms with Gasteiger partial charge in [-0.15, -0.1) is 0 Å². The van der Waals surface area contributed by atoms with E-state index in [1.807, 2.05) is 0 Å². The van der Waals surface area contributed by atoms with E-state index in [1.54, 1.807) is 48.5 Å². The van der Waals surface area contributed by atoms with E-state index in [9.17, 15) is 19.2 Å². The van der Waals surface area contributed by atoms with Crippen LogP contribution in [0.15, 0.2) is 60.7 Å². The number of imide groups is 1. The Bertz CT molecular complexity index is 1180. The van der Waals surface area contributed by atoms with Crippen LogP contribution in [0.4, 0.5) is 11.4 Å². The minimum atomic E-state index is -0.345. The normalized spacial score (nSPS) is 31.3. The quantitative estimate of drug-likeness (QED) is 0.459. The second-order valence-electron chi connectivity index (χ2n) is 9.30. The second-order valence-corrected chi connectivity index (χ2v) is 9.30. The van der Waals surface area contributed by atoms with Gasteiger partial charge in [0.15, 0.2) is 5.78 Å². The second kappa shape index (κ2) is 6.73. The van der Waals surface area contributed by atoms with Gasteiger partial charge in [-0.1, -0.05) is 18.2 Å². The fourth-order valence-electron chi connectivity index (χ4n) is 5.99. The molecule has 1 aliphatic heterocycles. The molecular weight excluding hydrogens is 404 g/mol. The molecule has 0 radical (unpaired) electrons. The number of nitrogens with one attached hydrogen (secondary N) is 1. The molecule has 5 aliphatic rings. The van der Waals surface area contributed by atoms with Crippen molar-refractivity contribution in [2.24, 2.45) is 35.5 Å². The van der Waals surface area contributed by atoms with Gasteiger partial charge in [0.05, 0.1) is 17.5 Å². The molecule has 0 spiro atoms. The van der Waals surface area contributed by atoms with Gasteiger partial charge in [0.1, 0.15) is 0 Å². The maximum atomic E-state index is 13.3. The summed E-state index contributed by atoms with van der Waals surface area (Å²) in [7, 11) is 0. The van der Waals surface area contributed by atoms with E-state index < -0.39 is 0 Å². The summed E-state index contributed by atoms with van der Waals surface area (Å²) in [5.74, 6) is 0.242. The van der Waals surface area contributed by atoms with Crippen molar-refractivity contribution in [2.45, 2.75) is 13.3 Å². The smallest absolute Gasteiger partial charge is 0.255 e. The van der Waals surface area contributed by atoms with E-state index in [4.69, 9.17) is 0 Å². The summed E-state index contributed by atoms with van der Waals surface area (Å²) in [6.07, 6.45) is 5.42. The molecule has 6 atom stereocenters. The minimum absolute atomic E-state index is 0.0444. The number of carbonyl (C=O) groups is 4. The molecule has 1 saturated heterocycles. The molecule has 3 fully saturated rings. The van der Waals surface area contributed by atoms with Crippen molar-refractivity contribution in [3.05, 3.63) is 71.8 Å². The van der Waals surface area contributed by atoms with Gasteiger partial charge < -0.3 is 5.32 Å². The maximum Gasteiger partial charge on any atom is 0.255 e. The van der Waals surface area contributed by atoms with Gasteiger partial charge >= 0.3 is 0 Å². The minimum Gasteiger partial charge on any atom is -0.322 e. The summed E-state index contributed by atoms with van der Waals surface area (Å²) >= 11 is 0. The van der Waals surface area contributed by atoms with Crippen molar-refractivity contribution in [1.82, 2.24) is 0 Å². The van der Waals surface area contributed by atoms with Crippen molar-refractivity contribution in [3.63, 3.8) is 0 Å². The van der Waals surface area contributed by atoms with Gasteiger partial charge in [-0.3, -0.25) is 19.2 Å². The van der Waals surface area contributed by atoms with Crippen molar-refractivity contribution in [1.29, 1.82) is 0 Å². The van der Waals surface area contributed by atoms with Crippen LogP contribution >= 0.6 is 0 Å². The van der Waals surface area contributed by atoms with Crippen LogP contribution in [0.1, 0.15) is 34.1 Å². The van der Waals surface area contributed by atoms with Crippen LogP contribution in [-0.4, -0.2) is 23.5 Å². The monoisotopic (exact) mass is 426 g/mol. The van der Waals surface area contributed by atoms with E-state index >= 15 is 0 Å². The predicted molar refractivity (Wildman–Crippen MR) is 118 cm³/mol. The van der Waals surface area contributed by atoms with Gasteiger partial charge in [-0.05, 0) is 79.5 Å². The van der Waals surface area contributed by atoms with Crippen LogP contribution in [0.5, 0.6) is 0 Å². The number of amides is 3. The molecule has 4 aliphatic carbocycles. The topological polar surface area (TPSA) is 83.6 Å². The van der Waals surface area contributed by atoms with Gasteiger partial charge in [-0.25, -0.2) is 4.90 Å². The highest BCUT2D eigenvalue weighted by Gasteiger charge is 2.67. The van der Waals surface area contributed by atoms with Gasteiger partial charge in [0.25, 0.3) is 5.91 Å². The van der Waals surface area contributed by atoms with Crippen LogP contribution in [0.2, 0.25) is 0 Å². The standard InChI is InChI=1S/C26H22N2O4/c1-13(29)14-5-7-16(8-6-14)27-24(30)15-3-2-4-17(11-15)28-25(31)22-18-9-10-19(21-12-20(18)21)23(22)26(28)32/h2-11,18-23H,12H2,1H3,(H,27,30)/t18-,19-,20-,21+,22+,23+/m0/s1. The third-order valence-electron chi connectivity index (χ3n) is 7.58. The number of hydrogen-bond acceptors (Lipinski definition) is 4. The summed E-state index contributed by atoms with van der Waals surface area (Å²) in [6.45, 7) is 1.49. The molecule has 2 bridgehead atoms. The first kappa shape index (κ1) is 19.2. The van der Waals surface area contributed by atoms with E-state index in [0.717, 1.165) is 6.42 Å². The SMILES string of the molecule is CC(=O)c1ccc(NC(=O)c2cccc(N3C(=O)[C@@H]4[C@H]5C=C[C@@H]([C@@H]6C[C@H]56)[C@H]4C3=O)c2)cc1. The molecule has 32 heavy (non-hydrogen) atoms. The zero-order valence-corrected chi connectivity index (χ0v) is 17.5. The molecule has 160 valence electrons. The molecule has 0 aromatic heterocycles. The summed E-state index contributed by atoms with van der Waals surface area (Å²) in [5, 5.41) is 2.80. The number of nitrogens with zero attached hydrogens (tertiary/aromatic N) is 1. The van der Waals surface area contributed by atoms with Crippen LogP contribution in [-0.2, 0) is 9.59 Å². The highest BCUT2D eigenvalue weighted by Crippen LogP contribution is 2.65. The third-order valence-corrected chi connectivity index (χ3v) is 7.58. The third kappa shape index (κ3) is 2.72. The number of Topliss-reactive ketones (excluding diaryl/α,β-unsaturated/α-hetero) is 1. The first-order valence-electron chi connectivity index (χ1n) is 11.0. The number of rotatable bonds is 4. The van der Waals surface area contributed by atoms with E-state index in [0.29, 0.717) is 34.3 Å². The number of hydrogen-bond donors (Lipinski definition) is 1. The Morgan fingerprint density at radius 3 is 2.09 bits per heavy atom. The Balaban J connectivity index is 1.25. The Kier molecular flexibility index (Phi) is 4.03. The first-order chi connectivity index (χ1) is 15.4. The van der Waals surface area contributed by atoms with Crippen LogP contribution in [0.3, 0.4) is 0 Å². The lowest BCUT2D eigenvalue weighted by atomic mass is 9.63. The zero-order chi connectivity index (χ0) is 22.1. The predicted octanol–water partition coefficient (Wildman–Crippen LogP) is 3.70.